The summed E-state index contributed by atoms with van der Waals surface area (Å²) in [5.74, 6) is -0.739. The Morgan fingerprint density at radius 2 is 1.44 bits per heavy atom. The van der Waals surface area contributed by atoms with Crippen LogP contribution in [-0.4, -0.2) is 26.8 Å². The second kappa shape index (κ2) is 12.5. The molecule has 1 aromatic rings. The fourth-order valence-corrected chi connectivity index (χ4v) is 3.64. The van der Waals surface area contributed by atoms with Crippen LogP contribution in [0.4, 0.5) is 4.79 Å². The average Bonchev–Trinajstić information content (AvgIpc) is 2.63. The number of benzene rings is 1. The van der Waals surface area contributed by atoms with Crippen LogP contribution in [0.15, 0.2) is 24.3 Å². The lowest BCUT2D eigenvalue weighted by Gasteiger charge is -2.16. The van der Waals surface area contributed by atoms with E-state index in [1.54, 1.807) is 12.1 Å². The summed E-state index contributed by atoms with van der Waals surface area (Å²) in [6.45, 7) is 9.09. The number of hydrogen-bond donors (Lipinski definition) is 0. The summed E-state index contributed by atoms with van der Waals surface area (Å²) >= 11 is 0. The molecule has 0 saturated heterocycles. The second-order valence-corrected chi connectivity index (χ2v) is 12.6. The van der Waals surface area contributed by atoms with Crippen molar-refractivity contribution in [3.63, 3.8) is 0 Å². The van der Waals surface area contributed by atoms with Gasteiger partial charge < -0.3 is 4.74 Å². The van der Waals surface area contributed by atoms with Crippen molar-refractivity contribution in [2.45, 2.75) is 71.5 Å². The first kappa shape index (κ1) is 23.2. The van der Waals surface area contributed by atoms with Gasteiger partial charge in [-0.3, -0.25) is 4.89 Å². The third-order valence-electron chi connectivity index (χ3n) is 4.17. The van der Waals surface area contributed by atoms with Crippen LogP contribution >= 0.6 is 0 Å². The lowest BCUT2D eigenvalue weighted by molar-refractivity contribution is -0.452. The molecule has 0 heterocycles. The van der Waals surface area contributed by atoms with E-state index in [9.17, 15) is 9.59 Å². The molecule has 0 atom stereocenters. The van der Waals surface area contributed by atoms with Gasteiger partial charge in [0, 0.05) is 0 Å². The van der Waals surface area contributed by atoms with Crippen LogP contribution in [0.3, 0.4) is 0 Å². The molecule has 0 radical (unpaired) electrons. The fraction of sp³-hybridized carbons (Fsp3) is 0.600. The normalized spacial score (nSPS) is 11.1. The summed E-state index contributed by atoms with van der Waals surface area (Å²) in [5.41, 5.74) is 0.317. The Morgan fingerprint density at radius 1 is 0.852 bits per heavy atom. The molecule has 0 bridgehead atoms. The highest BCUT2D eigenvalue weighted by atomic mass is 28.3. The summed E-state index contributed by atoms with van der Waals surface area (Å²) in [6.07, 6.45) is 6.82. The Bertz CT molecular complexity index is 565. The number of hydrogen-bond acceptors (Lipinski definition) is 6. The van der Waals surface area contributed by atoms with Crippen LogP contribution in [0.1, 0.15) is 62.2 Å². The van der Waals surface area contributed by atoms with E-state index in [0.29, 0.717) is 5.56 Å². The molecule has 6 nitrogen and oxygen atoms in total. The zero-order chi connectivity index (χ0) is 20.1. The molecule has 0 amide bonds. The third-order valence-corrected chi connectivity index (χ3v) is 6.23. The molecule has 0 spiro atoms. The SMILES string of the molecule is CCCCCCCCCOC(=O)OOOC(=O)c1ccc([Si](C)(C)C)cc1. The molecule has 0 unspecified atom stereocenters. The standard InChI is InChI=1S/C20H32O6Si/c1-5-6-7-8-9-10-11-16-23-20(22)25-26-24-19(21)17-12-14-18(15-13-17)27(2,3)4/h12-15H,5-11,16H2,1-4H3. The van der Waals surface area contributed by atoms with Crippen molar-refractivity contribution in [2.75, 3.05) is 6.61 Å². The zero-order valence-electron chi connectivity index (χ0n) is 16.9. The van der Waals surface area contributed by atoms with E-state index in [4.69, 9.17) is 4.74 Å². The minimum Gasteiger partial charge on any atom is -0.432 e. The highest BCUT2D eigenvalue weighted by Crippen LogP contribution is 2.08. The fourth-order valence-electron chi connectivity index (χ4n) is 2.47. The first-order valence-electron chi connectivity index (χ1n) is 9.67. The molecule has 0 aliphatic carbocycles. The Hall–Kier alpha value is -1.86. The van der Waals surface area contributed by atoms with Crippen molar-refractivity contribution in [3.8, 4) is 0 Å². The van der Waals surface area contributed by atoms with Gasteiger partial charge in [-0.15, -0.1) is 0 Å². The van der Waals surface area contributed by atoms with Crippen LogP contribution in [0.25, 0.3) is 0 Å². The quantitative estimate of drug-likeness (QED) is 0.160. The molecule has 0 N–H and O–H groups in total. The van der Waals surface area contributed by atoms with Gasteiger partial charge in [0.1, 0.15) is 0 Å². The van der Waals surface area contributed by atoms with E-state index in [1.807, 2.05) is 12.1 Å². The number of ether oxygens (including phenoxy) is 1. The van der Waals surface area contributed by atoms with E-state index in [2.05, 4.69) is 41.4 Å². The van der Waals surface area contributed by atoms with E-state index in [1.165, 1.54) is 30.9 Å². The first-order valence-corrected chi connectivity index (χ1v) is 13.2. The first-order chi connectivity index (χ1) is 12.8. The zero-order valence-corrected chi connectivity index (χ0v) is 17.9. The lowest BCUT2D eigenvalue weighted by atomic mass is 10.1. The van der Waals surface area contributed by atoms with Crippen molar-refractivity contribution in [3.05, 3.63) is 29.8 Å². The number of carbonyl (C=O) groups is 2. The average molecular weight is 397 g/mol. The molecule has 1 aromatic carbocycles. The molecule has 152 valence electrons. The molecule has 0 aliphatic heterocycles. The molecule has 7 heteroatoms. The van der Waals surface area contributed by atoms with Gasteiger partial charge in [0.15, 0.2) is 0 Å². The van der Waals surface area contributed by atoms with Gasteiger partial charge >= 0.3 is 12.1 Å². The van der Waals surface area contributed by atoms with E-state index < -0.39 is 20.2 Å². The smallest absolute Gasteiger partial charge is 0.432 e. The van der Waals surface area contributed by atoms with Gasteiger partial charge in [0.2, 0.25) is 0 Å². The number of carbonyl (C=O) groups excluding carboxylic acids is 2. The topological polar surface area (TPSA) is 71.1 Å². The van der Waals surface area contributed by atoms with E-state index >= 15 is 0 Å². The van der Waals surface area contributed by atoms with Gasteiger partial charge in [-0.1, -0.05) is 82.4 Å². The molecular formula is C20H32O6Si. The third kappa shape index (κ3) is 10.2. The minimum absolute atomic E-state index is 0.252. The summed E-state index contributed by atoms with van der Waals surface area (Å²) in [6, 6.07) is 7.14. The molecular weight excluding hydrogens is 364 g/mol. The van der Waals surface area contributed by atoms with Crippen LogP contribution < -0.4 is 5.19 Å². The molecule has 0 fully saturated rings. The van der Waals surface area contributed by atoms with Crippen molar-refractivity contribution >= 4 is 25.4 Å². The monoisotopic (exact) mass is 396 g/mol. The summed E-state index contributed by atoms with van der Waals surface area (Å²) in [7, 11) is -1.43. The highest BCUT2D eigenvalue weighted by molar-refractivity contribution is 6.88. The van der Waals surface area contributed by atoms with E-state index in [0.717, 1.165) is 19.3 Å². The van der Waals surface area contributed by atoms with Crippen molar-refractivity contribution in [1.82, 2.24) is 0 Å². The molecule has 27 heavy (non-hydrogen) atoms. The van der Waals surface area contributed by atoms with Gasteiger partial charge in [-0.25, -0.2) is 14.5 Å². The minimum atomic E-state index is -1.43. The Balaban J connectivity index is 2.14. The van der Waals surface area contributed by atoms with Crippen LogP contribution in [-0.2, 0) is 19.6 Å². The molecule has 0 aliphatic rings. The Morgan fingerprint density at radius 3 is 2.04 bits per heavy atom. The van der Waals surface area contributed by atoms with Crippen molar-refractivity contribution in [1.29, 1.82) is 0 Å². The van der Waals surface area contributed by atoms with Gasteiger partial charge in [-0.05, 0) is 18.6 Å². The van der Waals surface area contributed by atoms with Gasteiger partial charge in [0.05, 0.1) is 25.3 Å². The molecule has 0 aromatic heterocycles. The highest BCUT2D eigenvalue weighted by Gasteiger charge is 2.17. The summed E-state index contributed by atoms with van der Waals surface area (Å²) < 4.78 is 4.84. The van der Waals surface area contributed by atoms with Gasteiger partial charge in [0.25, 0.3) is 0 Å². The van der Waals surface area contributed by atoms with Crippen molar-refractivity contribution in [2.24, 2.45) is 0 Å². The van der Waals surface area contributed by atoms with Crippen molar-refractivity contribution < 1.29 is 29.1 Å². The maximum absolute atomic E-state index is 11.8. The number of rotatable bonds is 12. The summed E-state index contributed by atoms with van der Waals surface area (Å²) in [4.78, 5) is 31.9. The largest absolute Gasteiger partial charge is 0.543 e. The predicted octanol–water partition coefficient (Wildman–Crippen LogP) is 5.14. The Kier molecular flexibility index (Phi) is 10.7. The molecule has 0 saturated carbocycles. The van der Waals surface area contributed by atoms with Gasteiger partial charge in [-0.2, -0.15) is 0 Å². The predicted molar refractivity (Wildman–Crippen MR) is 106 cm³/mol. The maximum atomic E-state index is 11.8. The summed E-state index contributed by atoms with van der Waals surface area (Å²) in [5, 5.41) is 5.44. The van der Waals surface area contributed by atoms with Crippen LogP contribution in [0.2, 0.25) is 19.6 Å². The second-order valence-electron chi connectivity index (χ2n) is 7.57. The Labute approximate surface area is 163 Å². The lowest BCUT2D eigenvalue weighted by Crippen LogP contribution is -2.37. The number of unbranched alkanes of at least 4 members (excludes halogenated alkanes) is 6. The van der Waals surface area contributed by atoms with E-state index in [-0.39, 0.29) is 6.61 Å². The van der Waals surface area contributed by atoms with Crippen LogP contribution in [0.5, 0.6) is 0 Å². The maximum Gasteiger partial charge on any atom is 0.543 e. The van der Waals surface area contributed by atoms with Crippen LogP contribution in [0, 0.1) is 0 Å². The molecule has 1 rings (SSSR count).